The van der Waals surface area contributed by atoms with Gasteiger partial charge in [-0.2, -0.15) is 0 Å². The van der Waals surface area contributed by atoms with Gasteiger partial charge in [-0.3, -0.25) is 4.79 Å². The number of carbonyl (C=O) groups is 1. The summed E-state index contributed by atoms with van der Waals surface area (Å²) in [5.41, 5.74) is 1.96. The minimum Gasteiger partial charge on any atom is -0.376 e. The van der Waals surface area contributed by atoms with Crippen LogP contribution in [0.15, 0.2) is 24.3 Å². The van der Waals surface area contributed by atoms with E-state index < -0.39 is 0 Å². The molecule has 2 N–H and O–H groups in total. The third kappa shape index (κ3) is 5.27. The van der Waals surface area contributed by atoms with Crippen molar-refractivity contribution in [1.29, 1.82) is 0 Å². The number of hydrogen-bond acceptors (Lipinski definition) is 3. The Hall–Kier alpha value is -1.66. The highest BCUT2D eigenvalue weighted by Crippen LogP contribution is 2.11. The second-order valence-corrected chi connectivity index (χ2v) is 5.98. The maximum atomic E-state index is 12.0. The number of aryl methyl sites for hydroxylation is 1. The van der Waals surface area contributed by atoms with Crippen molar-refractivity contribution in [3.05, 3.63) is 29.8 Å². The predicted molar refractivity (Wildman–Crippen MR) is 92.0 cm³/mol. The van der Waals surface area contributed by atoms with Crippen LogP contribution in [0.5, 0.6) is 0 Å². The average Bonchev–Trinajstić information content (AvgIpc) is 3.00. The number of benzene rings is 1. The van der Waals surface area contributed by atoms with Gasteiger partial charge >= 0.3 is 0 Å². The summed E-state index contributed by atoms with van der Waals surface area (Å²) in [5, 5.41) is 6.58. The molecule has 6 heteroatoms. The first-order valence-corrected chi connectivity index (χ1v) is 7.92. The van der Waals surface area contributed by atoms with Crippen LogP contribution < -0.4 is 10.6 Å². The minimum absolute atomic E-state index is 0.0902. The zero-order chi connectivity index (χ0) is 15.9. The molecule has 0 bridgehead atoms. The van der Waals surface area contributed by atoms with E-state index in [1.165, 1.54) is 0 Å². The molecule has 1 fully saturated rings. The Balaban J connectivity index is 1.72. The van der Waals surface area contributed by atoms with Gasteiger partial charge in [0.25, 0.3) is 0 Å². The van der Waals surface area contributed by atoms with Gasteiger partial charge in [0, 0.05) is 25.9 Å². The van der Waals surface area contributed by atoms with Crippen molar-refractivity contribution in [2.24, 2.45) is 0 Å². The van der Waals surface area contributed by atoms with Crippen molar-refractivity contribution in [2.45, 2.75) is 25.9 Å². The van der Waals surface area contributed by atoms with Crippen molar-refractivity contribution in [2.75, 3.05) is 32.1 Å². The third-order valence-electron chi connectivity index (χ3n) is 3.57. The second kappa shape index (κ2) is 8.10. The predicted octanol–water partition coefficient (Wildman–Crippen LogP) is 1.92. The first kappa shape index (κ1) is 16.7. The highest BCUT2D eigenvalue weighted by Gasteiger charge is 2.16. The van der Waals surface area contributed by atoms with Crippen molar-refractivity contribution in [3.63, 3.8) is 0 Å². The van der Waals surface area contributed by atoms with Gasteiger partial charge < -0.3 is 20.3 Å². The van der Waals surface area contributed by atoms with Gasteiger partial charge in [0.1, 0.15) is 0 Å². The number of thiocarbonyl (C=S) groups is 1. The summed E-state index contributed by atoms with van der Waals surface area (Å²) < 4.78 is 5.53. The molecule has 1 aromatic carbocycles. The van der Waals surface area contributed by atoms with Gasteiger partial charge in [0.15, 0.2) is 5.11 Å². The van der Waals surface area contributed by atoms with E-state index in [-0.39, 0.29) is 18.6 Å². The van der Waals surface area contributed by atoms with Crippen LogP contribution in [0.3, 0.4) is 0 Å². The van der Waals surface area contributed by atoms with Gasteiger partial charge in [-0.1, -0.05) is 17.7 Å². The van der Waals surface area contributed by atoms with E-state index in [0.29, 0.717) is 11.7 Å². The normalized spacial score (nSPS) is 17.1. The van der Waals surface area contributed by atoms with Crippen molar-refractivity contribution < 1.29 is 9.53 Å². The number of carbonyl (C=O) groups excluding carboxylic acids is 1. The lowest BCUT2D eigenvalue weighted by Gasteiger charge is -2.21. The molecule has 1 saturated heterocycles. The molecule has 1 heterocycles. The Morgan fingerprint density at radius 2 is 2.14 bits per heavy atom. The number of nitrogens with one attached hydrogen (secondary N) is 2. The summed E-state index contributed by atoms with van der Waals surface area (Å²) in [6.07, 6.45) is 2.40. The highest BCUT2D eigenvalue weighted by molar-refractivity contribution is 7.80. The molecule has 1 aromatic rings. The molecule has 1 amide bonds. The molecule has 1 aliphatic heterocycles. The average molecular weight is 321 g/mol. The van der Waals surface area contributed by atoms with Crippen LogP contribution in [-0.2, 0) is 9.53 Å². The van der Waals surface area contributed by atoms with Crippen LogP contribution in [0.25, 0.3) is 0 Å². The van der Waals surface area contributed by atoms with Gasteiger partial charge in [-0.25, -0.2) is 0 Å². The smallest absolute Gasteiger partial charge is 0.243 e. The first-order valence-electron chi connectivity index (χ1n) is 7.51. The van der Waals surface area contributed by atoms with Crippen molar-refractivity contribution in [1.82, 2.24) is 10.2 Å². The van der Waals surface area contributed by atoms with Crippen LogP contribution in [-0.4, -0.2) is 48.8 Å². The van der Waals surface area contributed by atoms with Crippen LogP contribution in [0.4, 0.5) is 5.69 Å². The van der Waals surface area contributed by atoms with E-state index in [2.05, 4.69) is 10.6 Å². The number of likely N-dealkylation sites (N-methyl/N-ethyl adjacent to an activating group) is 1. The Morgan fingerprint density at radius 3 is 2.77 bits per heavy atom. The van der Waals surface area contributed by atoms with Crippen LogP contribution in [0.2, 0.25) is 0 Å². The maximum Gasteiger partial charge on any atom is 0.243 e. The molecule has 0 spiro atoms. The standard InChI is InChI=1S/C16H23N3O2S/c1-12-5-7-13(8-6-12)18-15(20)11-19(2)16(22)17-10-14-4-3-9-21-14/h5-8,14H,3-4,9-11H2,1-2H3,(H,17,22)(H,18,20)/t14-/m1/s1. The zero-order valence-corrected chi connectivity index (χ0v) is 13.9. The number of rotatable bonds is 5. The molecule has 120 valence electrons. The van der Waals surface area contributed by atoms with E-state index in [9.17, 15) is 4.79 Å². The van der Waals surface area contributed by atoms with E-state index >= 15 is 0 Å². The Morgan fingerprint density at radius 1 is 1.41 bits per heavy atom. The van der Waals surface area contributed by atoms with Gasteiger partial charge in [-0.15, -0.1) is 0 Å². The highest BCUT2D eigenvalue weighted by atomic mass is 32.1. The molecular formula is C16H23N3O2S. The maximum absolute atomic E-state index is 12.0. The third-order valence-corrected chi connectivity index (χ3v) is 4.02. The molecule has 0 unspecified atom stereocenters. The van der Waals surface area contributed by atoms with Crippen molar-refractivity contribution >= 4 is 28.9 Å². The summed E-state index contributed by atoms with van der Waals surface area (Å²) in [7, 11) is 1.81. The van der Waals surface area contributed by atoms with E-state index in [1.807, 2.05) is 31.2 Å². The Bertz CT molecular complexity index is 513. The Kier molecular flexibility index (Phi) is 6.15. The lowest BCUT2D eigenvalue weighted by atomic mass is 10.2. The number of amides is 1. The minimum atomic E-state index is -0.0902. The summed E-state index contributed by atoms with van der Waals surface area (Å²) in [4.78, 5) is 13.7. The van der Waals surface area contributed by atoms with E-state index in [1.54, 1.807) is 11.9 Å². The van der Waals surface area contributed by atoms with E-state index in [0.717, 1.165) is 30.7 Å². The quantitative estimate of drug-likeness (QED) is 0.812. The molecule has 1 atom stereocenters. The summed E-state index contributed by atoms with van der Waals surface area (Å²) in [5.74, 6) is -0.0902. The van der Waals surface area contributed by atoms with Gasteiger partial charge in [-0.05, 0) is 44.1 Å². The number of hydrogen-bond donors (Lipinski definition) is 2. The van der Waals surface area contributed by atoms with Gasteiger partial charge in [0.05, 0.1) is 12.6 Å². The fourth-order valence-corrected chi connectivity index (χ4v) is 2.41. The molecule has 0 aliphatic carbocycles. The molecule has 22 heavy (non-hydrogen) atoms. The lowest BCUT2D eigenvalue weighted by Crippen LogP contribution is -2.43. The molecule has 5 nitrogen and oxygen atoms in total. The Labute approximate surface area is 137 Å². The first-order chi connectivity index (χ1) is 10.5. The zero-order valence-electron chi connectivity index (χ0n) is 13.1. The largest absolute Gasteiger partial charge is 0.376 e. The number of nitrogens with zero attached hydrogens (tertiary/aromatic N) is 1. The molecule has 2 rings (SSSR count). The van der Waals surface area contributed by atoms with E-state index in [4.69, 9.17) is 17.0 Å². The monoisotopic (exact) mass is 321 g/mol. The molecular weight excluding hydrogens is 298 g/mol. The number of ether oxygens (including phenoxy) is 1. The molecule has 0 aromatic heterocycles. The lowest BCUT2D eigenvalue weighted by molar-refractivity contribution is -0.116. The van der Waals surface area contributed by atoms with Crippen LogP contribution in [0, 0.1) is 6.92 Å². The summed E-state index contributed by atoms with van der Waals surface area (Å²) >= 11 is 5.29. The fraction of sp³-hybridized carbons (Fsp3) is 0.500. The van der Waals surface area contributed by atoms with Gasteiger partial charge in [0.2, 0.25) is 5.91 Å². The second-order valence-electron chi connectivity index (χ2n) is 5.59. The summed E-state index contributed by atoms with van der Waals surface area (Å²) in [6.45, 7) is 3.75. The SMILES string of the molecule is Cc1ccc(NC(=O)CN(C)C(=S)NC[C@H]2CCCO2)cc1. The fourth-order valence-electron chi connectivity index (χ4n) is 2.27. The number of anilines is 1. The topological polar surface area (TPSA) is 53.6 Å². The van der Waals surface area contributed by atoms with Crippen LogP contribution in [0.1, 0.15) is 18.4 Å². The van der Waals surface area contributed by atoms with Crippen molar-refractivity contribution in [3.8, 4) is 0 Å². The molecule has 1 aliphatic rings. The summed E-state index contributed by atoms with van der Waals surface area (Å²) in [6, 6.07) is 7.71. The molecule has 0 radical (unpaired) electrons. The van der Waals surface area contributed by atoms with Crippen LogP contribution >= 0.6 is 12.2 Å². The molecule has 0 saturated carbocycles.